The van der Waals surface area contributed by atoms with Gasteiger partial charge in [-0.15, -0.1) is 0 Å². The lowest BCUT2D eigenvalue weighted by Crippen LogP contribution is -2.59. The second kappa shape index (κ2) is 4.33. The number of amides is 2. The van der Waals surface area contributed by atoms with Crippen molar-refractivity contribution >= 4 is 11.8 Å². The second-order valence-corrected chi connectivity index (χ2v) is 6.54. The lowest BCUT2D eigenvalue weighted by atomic mass is 9.75. The minimum absolute atomic E-state index is 0.00715. The standard InChI is InChI=1S/C15H20N2O2/c1-10-4-6-15(9-16,7-5-10)17-13(18)11-2-3-12(8-11)14(17)19/h10-12H,2-8H2,1H3. The lowest BCUT2D eigenvalue weighted by Gasteiger charge is -2.44. The maximum atomic E-state index is 12.5. The van der Waals surface area contributed by atoms with E-state index in [-0.39, 0.29) is 23.7 Å². The van der Waals surface area contributed by atoms with Gasteiger partial charge in [0.15, 0.2) is 0 Å². The molecule has 4 heteroatoms. The van der Waals surface area contributed by atoms with Gasteiger partial charge < -0.3 is 0 Å². The monoisotopic (exact) mass is 260 g/mol. The van der Waals surface area contributed by atoms with Crippen LogP contribution in [0, 0.1) is 29.1 Å². The smallest absolute Gasteiger partial charge is 0.233 e. The molecular formula is C15H20N2O2. The van der Waals surface area contributed by atoms with Crippen LogP contribution >= 0.6 is 0 Å². The first-order valence-electron chi connectivity index (χ1n) is 7.36. The molecule has 102 valence electrons. The minimum atomic E-state index is -0.845. The Morgan fingerprint density at radius 2 is 1.63 bits per heavy atom. The van der Waals surface area contributed by atoms with Crippen molar-refractivity contribution in [1.82, 2.24) is 4.90 Å². The van der Waals surface area contributed by atoms with Crippen molar-refractivity contribution < 1.29 is 9.59 Å². The molecule has 2 amide bonds. The van der Waals surface area contributed by atoms with Gasteiger partial charge in [0.2, 0.25) is 11.8 Å². The van der Waals surface area contributed by atoms with Crippen LogP contribution in [0.4, 0.5) is 0 Å². The summed E-state index contributed by atoms with van der Waals surface area (Å²) in [5, 5.41) is 9.61. The first kappa shape index (κ1) is 12.7. The molecule has 2 aliphatic carbocycles. The number of hydrogen-bond donors (Lipinski definition) is 0. The number of carbonyl (C=O) groups is 2. The van der Waals surface area contributed by atoms with Gasteiger partial charge in [-0.1, -0.05) is 6.92 Å². The molecule has 2 atom stereocenters. The summed E-state index contributed by atoms with van der Waals surface area (Å²) in [5.41, 5.74) is -0.845. The van der Waals surface area contributed by atoms with Crippen molar-refractivity contribution in [1.29, 1.82) is 5.26 Å². The van der Waals surface area contributed by atoms with Crippen molar-refractivity contribution in [3.05, 3.63) is 0 Å². The van der Waals surface area contributed by atoms with Gasteiger partial charge in [-0.3, -0.25) is 14.5 Å². The lowest BCUT2D eigenvalue weighted by molar-refractivity contribution is -0.160. The van der Waals surface area contributed by atoms with Crippen LogP contribution in [0.2, 0.25) is 0 Å². The van der Waals surface area contributed by atoms with Crippen molar-refractivity contribution in [3.63, 3.8) is 0 Å². The fraction of sp³-hybridized carbons (Fsp3) is 0.800. The first-order chi connectivity index (χ1) is 9.07. The maximum Gasteiger partial charge on any atom is 0.233 e. The van der Waals surface area contributed by atoms with Crippen LogP contribution in [-0.2, 0) is 9.59 Å². The highest BCUT2D eigenvalue weighted by Gasteiger charge is 2.54. The van der Waals surface area contributed by atoms with Gasteiger partial charge in [0.25, 0.3) is 0 Å². The van der Waals surface area contributed by atoms with E-state index in [4.69, 9.17) is 0 Å². The van der Waals surface area contributed by atoms with Crippen molar-refractivity contribution in [2.24, 2.45) is 17.8 Å². The van der Waals surface area contributed by atoms with E-state index < -0.39 is 5.54 Å². The van der Waals surface area contributed by atoms with Crippen LogP contribution in [-0.4, -0.2) is 22.3 Å². The number of piperidine rings is 1. The van der Waals surface area contributed by atoms with Crippen molar-refractivity contribution in [2.45, 2.75) is 57.4 Å². The zero-order valence-corrected chi connectivity index (χ0v) is 11.4. The van der Waals surface area contributed by atoms with Crippen molar-refractivity contribution in [3.8, 4) is 6.07 Å². The molecule has 3 rings (SSSR count). The van der Waals surface area contributed by atoms with E-state index in [1.165, 1.54) is 4.90 Å². The summed E-state index contributed by atoms with van der Waals surface area (Å²) in [6.45, 7) is 2.17. The van der Waals surface area contributed by atoms with Gasteiger partial charge in [-0.05, 0) is 50.9 Å². The molecule has 3 aliphatic rings. The highest BCUT2D eigenvalue weighted by Crippen LogP contribution is 2.45. The van der Waals surface area contributed by atoms with E-state index in [1.54, 1.807) is 0 Å². The molecule has 19 heavy (non-hydrogen) atoms. The maximum absolute atomic E-state index is 12.5. The predicted molar refractivity (Wildman–Crippen MR) is 68.7 cm³/mol. The molecule has 4 nitrogen and oxygen atoms in total. The van der Waals surface area contributed by atoms with Gasteiger partial charge in [-0.25, -0.2) is 0 Å². The Labute approximate surface area is 113 Å². The Morgan fingerprint density at radius 1 is 1.11 bits per heavy atom. The Balaban J connectivity index is 1.93. The summed E-state index contributed by atoms with van der Waals surface area (Å²) >= 11 is 0. The number of rotatable bonds is 1. The summed E-state index contributed by atoms with van der Waals surface area (Å²) < 4.78 is 0. The van der Waals surface area contributed by atoms with Gasteiger partial charge in [-0.2, -0.15) is 5.26 Å². The van der Waals surface area contributed by atoms with E-state index in [1.807, 2.05) is 0 Å². The summed E-state index contributed by atoms with van der Waals surface area (Å²) in [5.74, 6) is 0.428. The number of carbonyl (C=O) groups excluding carboxylic acids is 2. The molecule has 2 saturated carbocycles. The molecule has 0 radical (unpaired) electrons. The third-order valence-electron chi connectivity index (χ3n) is 5.31. The Kier molecular flexibility index (Phi) is 2.88. The van der Waals surface area contributed by atoms with E-state index in [0.29, 0.717) is 25.2 Å². The zero-order valence-electron chi connectivity index (χ0n) is 11.4. The SMILES string of the molecule is CC1CCC(C#N)(N2C(=O)C3CCC(C3)C2=O)CC1. The number of fused-ring (bicyclic) bond motifs is 2. The van der Waals surface area contributed by atoms with Gasteiger partial charge in [0.1, 0.15) is 5.54 Å². The summed E-state index contributed by atoms with van der Waals surface area (Å²) in [4.78, 5) is 26.4. The molecule has 0 aromatic rings. The van der Waals surface area contributed by atoms with Gasteiger partial charge >= 0.3 is 0 Å². The van der Waals surface area contributed by atoms with Gasteiger partial charge in [0.05, 0.1) is 6.07 Å². The van der Waals surface area contributed by atoms with E-state index in [9.17, 15) is 14.9 Å². The second-order valence-electron chi connectivity index (χ2n) is 6.54. The Hall–Kier alpha value is -1.37. The molecule has 3 fully saturated rings. The highest BCUT2D eigenvalue weighted by molar-refractivity contribution is 6.02. The van der Waals surface area contributed by atoms with Crippen molar-refractivity contribution in [2.75, 3.05) is 0 Å². The molecule has 2 unspecified atom stereocenters. The zero-order chi connectivity index (χ0) is 13.6. The third-order valence-corrected chi connectivity index (χ3v) is 5.31. The number of likely N-dealkylation sites (tertiary alicyclic amines) is 1. The van der Waals surface area contributed by atoms with Crippen LogP contribution in [0.3, 0.4) is 0 Å². The molecule has 1 heterocycles. The Morgan fingerprint density at radius 3 is 2.11 bits per heavy atom. The fourth-order valence-corrected chi connectivity index (χ4v) is 3.95. The molecule has 2 bridgehead atoms. The molecule has 1 aliphatic heterocycles. The molecule has 0 aromatic carbocycles. The fourth-order valence-electron chi connectivity index (χ4n) is 3.95. The number of nitrogens with zero attached hydrogens (tertiary/aromatic N) is 2. The van der Waals surface area contributed by atoms with Crippen LogP contribution in [0.25, 0.3) is 0 Å². The molecule has 0 aromatic heterocycles. The predicted octanol–water partition coefficient (Wildman–Crippen LogP) is 2.24. The van der Waals surface area contributed by atoms with E-state index in [0.717, 1.165) is 25.7 Å². The molecular weight excluding hydrogens is 240 g/mol. The van der Waals surface area contributed by atoms with E-state index >= 15 is 0 Å². The van der Waals surface area contributed by atoms with Crippen LogP contribution in [0.5, 0.6) is 0 Å². The largest absolute Gasteiger partial charge is 0.274 e. The average molecular weight is 260 g/mol. The third kappa shape index (κ3) is 1.79. The topological polar surface area (TPSA) is 61.2 Å². The summed E-state index contributed by atoms with van der Waals surface area (Å²) in [6.07, 6.45) is 5.53. The molecule has 0 N–H and O–H groups in total. The van der Waals surface area contributed by atoms with Crippen LogP contribution < -0.4 is 0 Å². The highest BCUT2D eigenvalue weighted by atomic mass is 16.2. The van der Waals surface area contributed by atoms with Crippen LogP contribution in [0.15, 0.2) is 0 Å². The number of imide groups is 1. The van der Waals surface area contributed by atoms with Crippen LogP contribution in [0.1, 0.15) is 51.9 Å². The average Bonchev–Trinajstić information content (AvgIpc) is 2.86. The molecule has 0 spiro atoms. The molecule has 1 saturated heterocycles. The summed E-state index contributed by atoms with van der Waals surface area (Å²) in [6, 6.07) is 2.32. The Bertz CT molecular complexity index is 435. The summed E-state index contributed by atoms with van der Waals surface area (Å²) in [7, 11) is 0. The normalized spacial score (nSPS) is 42.3. The minimum Gasteiger partial charge on any atom is -0.274 e. The first-order valence-corrected chi connectivity index (χ1v) is 7.36. The number of nitriles is 1. The number of hydrogen-bond acceptors (Lipinski definition) is 3. The van der Waals surface area contributed by atoms with Gasteiger partial charge in [0, 0.05) is 11.8 Å². The van der Waals surface area contributed by atoms with E-state index in [2.05, 4.69) is 13.0 Å². The quantitative estimate of drug-likeness (QED) is 0.679.